The zero-order valence-corrected chi connectivity index (χ0v) is 18.4. The van der Waals surface area contributed by atoms with Gasteiger partial charge in [-0.25, -0.2) is 0 Å². The summed E-state index contributed by atoms with van der Waals surface area (Å²) in [6.45, 7) is 9.62. The number of nitrogens with two attached hydrogens (primary N) is 1. The van der Waals surface area contributed by atoms with Crippen LogP contribution in [0.1, 0.15) is 30.7 Å². The Morgan fingerprint density at radius 2 is 1.97 bits per heavy atom. The molecule has 0 aliphatic carbocycles. The lowest BCUT2D eigenvalue weighted by atomic mass is 9.90. The van der Waals surface area contributed by atoms with Crippen LogP contribution in [0.15, 0.2) is 60.3 Å². The zero-order chi connectivity index (χ0) is 22.7. The van der Waals surface area contributed by atoms with E-state index in [2.05, 4.69) is 33.7 Å². The summed E-state index contributed by atoms with van der Waals surface area (Å²) >= 11 is 6.06. The number of nitrogens with zero attached hydrogens (tertiary/aromatic N) is 3. The number of benzene rings is 1. The number of aromatic nitrogens is 1. The van der Waals surface area contributed by atoms with Crippen LogP contribution in [0.2, 0.25) is 0 Å². The fraction of sp³-hybridized carbons (Fsp3) is 0.217. The fourth-order valence-corrected chi connectivity index (χ4v) is 2.64. The summed E-state index contributed by atoms with van der Waals surface area (Å²) < 4.78 is 0. The maximum absolute atomic E-state index is 9.33. The van der Waals surface area contributed by atoms with E-state index in [1.54, 1.807) is 25.4 Å². The maximum atomic E-state index is 9.33. The molecule has 0 atom stereocenters. The molecule has 0 spiro atoms. The lowest BCUT2D eigenvalue weighted by molar-refractivity contribution is -0.106. The summed E-state index contributed by atoms with van der Waals surface area (Å²) in [5.41, 5.74) is 9.05. The van der Waals surface area contributed by atoms with Crippen LogP contribution in [0, 0.1) is 18.3 Å². The highest BCUT2D eigenvalue weighted by atomic mass is 35.5. The molecule has 0 fully saturated rings. The number of hydrogen-bond acceptors (Lipinski definition) is 5. The van der Waals surface area contributed by atoms with Gasteiger partial charge in [0, 0.05) is 24.6 Å². The first-order valence-corrected chi connectivity index (χ1v) is 9.47. The van der Waals surface area contributed by atoms with Crippen molar-refractivity contribution in [2.45, 2.75) is 26.2 Å². The Morgan fingerprint density at radius 3 is 2.53 bits per heavy atom. The van der Waals surface area contributed by atoms with Gasteiger partial charge >= 0.3 is 0 Å². The quantitative estimate of drug-likeness (QED) is 0.392. The first-order chi connectivity index (χ1) is 14.2. The Bertz CT molecular complexity index is 1000. The van der Waals surface area contributed by atoms with E-state index < -0.39 is 5.41 Å². The molecule has 7 heteroatoms. The molecule has 2 aromatic rings. The van der Waals surface area contributed by atoms with Crippen molar-refractivity contribution in [3.8, 4) is 6.07 Å². The van der Waals surface area contributed by atoms with Crippen molar-refractivity contribution in [1.29, 1.82) is 5.26 Å². The van der Waals surface area contributed by atoms with E-state index in [9.17, 15) is 5.26 Å². The molecule has 6 nitrogen and oxygen atoms in total. The number of nitriles is 1. The summed E-state index contributed by atoms with van der Waals surface area (Å²) in [6.07, 6.45) is 5.51. The highest BCUT2D eigenvalue weighted by Gasteiger charge is 2.21. The molecule has 0 bridgehead atoms. The maximum Gasteiger partial charge on any atom is 0.204 e. The van der Waals surface area contributed by atoms with Crippen molar-refractivity contribution >= 4 is 40.1 Å². The number of aryl methyl sites for hydroxylation is 1. The Hall–Kier alpha value is -3.43. The molecule has 0 saturated carbocycles. The standard InChI is InChI=1S/C22H23ClN4.CH3NO/c1-6-16(11-21(23)25-5)19-12-17(8-7-15(19)2)27-18-9-10-26-20(13-18)22(3,4)14-24;2-1-3/h6-13H,1H2,2-5H3,(H,26,27);1H,(H2,2,3)/b16-11+,25-21?;. The number of rotatable bonds is 6. The predicted octanol–water partition coefficient (Wildman–Crippen LogP) is 4.87. The second kappa shape index (κ2) is 11.5. The van der Waals surface area contributed by atoms with Gasteiger partial charge in [0.05, 0.1) is 17.2 Å². The predicted molar refractivity (Wildman–Crippen MR) is 125 cm³/mol. The summed E-state index contributed by atoms with van der Waals surface area (Å²) in [5, 5.41) is 13.1. The SMILES string of the molecule is C=C/C(=C\C(Cl)=NC)c1cc(Nc2ccnc(C(C)(C)C#N)c2)ccc1C.NC=O. The molecule has 0 saturated heterocycles. The summed E-state index contributed by atoms with van der Waals surface area (Å²) in [7, 11) is 1.65. The molecule has 1 amide bonds. The average Bonchev–Trinajstić information content (AvgIpc) is 2.74. The molecule has 0 radical (unpaired) electrons. The highest BCUT2D eigenvalue weighted by molar-refractivity contribution is 6.69. The van der Waals surface area contributed by atoms with Crippen LogP contribution in [-0.4, -0.2) is 23.6 Å². The lowest BCUT2D eigenvalue weighted by Gasteiger charge is -2.16. The number of anilines is 2. The summed E-state index contributed by atoms with van der Waals surface area (Å²) in [4.78, 5) is 16.9. The molecule has 1 aromatic heterocycles. The van der Waals surface area contributed by atoms with Gasteiger partial charge in [-0.3, -0.25) is 14.8 Å². The van der Waals surface area contributed by atoms with Crippen LogP contribution in [0.5, 0.6) is 0 Å². The van der Waals surface area contributed by atoms with Crippen molar-refractivity contribution in [3.05, 3.63) is 72.1 Å². The number of amides is 1. The number of carbonyl (C=O) groups is 1. The van der Waals surface area contributed by atoms with E-state index in [1.807, 2.05) is 51.1 Å². The minimum absolute atomic E-state index is 0.250. The number of halogens is 1. The molecule has 30 heavy (non-hydrogen) atoms. The molecule has 1 heterocycles. The van der Waals surface area contributed by atoms with Crippen LogP contribution in [0.3, 0.4) is 0 Å². The van der Waals surface area contributed by atoms with Crippen molar-refractivity contribution in [3.63, 3.8) is 0 Å². The number of nitrogens with one attached hydrogen (secondary N) is 1. The van der Waals surface area contributed by atoms with E-state index in [0.29, 0.717) is 5.17 Å². The normalized spacial score (nSPS) is 11.6. The van der Waals surface area contributed by atoms with Crippen LogP contribution < -0.4 is 11.1 Å². The first kappa shape index (κ1) is 24.6. The number of hydrogen-bond donors (Lipinski definition) is 2. The monoisotopic (exact) mass is 423 g/mol. The van der Waals surface area contributed by atoms with E-state index in [4.69, 9.17) is 16.4 Å². The molecule has 0 aliphatic rings. The van der Waals surface area contributed by atoms with Crippen molar-refractivity contribution in [2.24, 2.45) is 10.7 Å². The van der Waals surface area contributed by atoms with Gasteiger partial charge in [0.25, 0.3) is 0 Å². The summed E-state index contributed by atoms with van der Waals surface area (Å²) in [5.74, 6) is 0. The van der Waals surface area contributed by atoms with Gasteiger partial charge in [0.2, 0.25) is 6.41 Å². The zero-order valence-electron chi connectivity index (χ0n) is 17.6. The van der Waals surface area contributed by atoms with Gasteiger partial charge in [0.15, 0.2) is 0 Å². The third-order valence-corrected chi connectivity index (χ3v) is 4.50. The average molecular weight is 424 g/mol. The van der Waals surface area contributed by atoms with Gasteiger partial charge < -0.3 is 11.1 Å². The van der Waals surface area contributed by atoms with E-state index in [-0.39, 0.29) is 6.41 Å². The lowest BCUT2D eigenvalue weighted by Crippen LogP contribution is -2.15. The van der Waals surface area contributed by atoms with Crippen LogP contribution in [0.4, 0.5) is 11.4 Å². The highest BCUT2D eigenvalue weighted by Crippen LogP contribution is 2.28. The Labute approximate surface area is 182 Å². The van der Waals surface area contributed by atoms with Crippen molar-refractivity contribution in [2.75, 3.05) is 12.4 Å². The summed E-state index contributed by atoms with van der Waals surface area (Å²) in [6, 6.07) is 12.1. The first-order valence-electron chi connectivity index (χ1n) is 9.10. The molecule has 2 rings (SSSR count). The largest absolute Gasteiger partial charge is 0.372 e. The number of primary amides is 1. The number of allylic oxidation sites excluding steroid dienone is 3. The second-order valence-electron chi connectivity index (χ2n) is 6.81. The van der Waals surface area contributed by atoms with Crippen LogP contribution in [0.25, 0.3) is 5.57 Å². The van der Waals surface area contributed by atoms with Gasteiger partial charge in [0.1, 0.15) is 5.17 Å². The molecule has 1 aromatic carbocycles. The van der Waals surface area contributed by atoms with Crippen molar-refractivity contribution in [1.82, 2.24) is 4.98 Å². The Balaban J connectivity index is 0.00000141. The topological polar surface area (TPSA) is 104 Å². The van der Waals surface area contributed by atoms with Gasteiger partial charge in [-0.2, -0.15) is 5.26 Å². The molecular formula is C23H26ClN5O. The van der Waals surface area contributed by atoms with Gasteiger partial charge in [-0.15, -0.1) is 0 Å². The molecule has 3 N–H and O–H groups in total. The van der Waals surface area contributed by atoms with E-state index in [1.165, 1.54) is 0 Å². The van der Waals surface area contributed by atoms with Gasteiger partial charge in [-0.1, -0.05) is 30.3 Å². The minimum atomic E-state index is -0.648. The molecular weight excluding hydrogens is 398 g/mol. The number of aliphatic imine (C=N–C) groups is 1. The second-order valence-corrected chi connectivity index (χ2v) is 7.19. The Kier molecular flexibility index (Phi) is 9.47. The molecule has 0 unspecified atom stereocenters. The smallest absolute Gasteiger partial charge is 0.204 e. The van der Waals surface area contributed by atoms with Crippen LogP contribution in [-0.2, 0) is 10.2 Å². The third-order valence-electron chi connectivity index (χ3n) is 4.23. The van der Waals surface area contributed by atoms with E-state index in [0.717, 1.165) is 33.8 Å². The minimum Gasteiger partial charge on any atom is -0.372 e. The van der Waals surface area contributed by atoms with E-state index >= 15 is 0 Å². The molecule has 156 valence electrons. The van der Waals surface area contributed by atoms with Crippen LogP contribution >= 0.6 is 11.6 Å². The Morgan fingerprint density at radius 1 is 1.33 bits per heavy atom. The van der Waals surface area contributed by atoms with Gasteiger partial charge in [-0.05, 0) is 67.8 Å². The van der Waals surface area contributed by atoms with Crippen molar-refractivity contribution < 1.29 is 4.79 Å². The number of carbonyl (C=O) groups excluding carboxylic acids is 1. The fourth-order valence-electron chi connectivity index (χ4n) is 2.52. The molecule has 0 aliphatic heterocycles. The number of pyridine rings is 1. The third kappa shape index (κ3) is 6.87.